The number of benzene rings is 2. The van der Waals surface area contributed by atoms with Crippen LogP contribution in [0.5, 0.6) is 0 Å². The Bertz CT molecular complexity index is 1200. The molecule has 10 heteroatoms. The van der Waals surface area contributed by atoms with E-state index in [-0.39, 0.29) is 10.7 Å². The van der Waals surface area contributed by atoms with E-state index in [4.69, 9.17) is 5.73 Å². The van der Waals surface area contributed by atoms with Crippen LogP contribution in [-0.4, -0.2) is 26.5 Å². The van der Waals surface area contributed by atoms with Crippen molar-refractivity contribution in [1.29, 1.82) is 0 Å². The van der Waals surface area contributed by atoms with Crippen LogP contribution >= 0.6 is 11.3 Å². The van der Waals surface area contributed by atoms with Gasteiger partial charge in [-0.1, -0.05) is 23.8 Å². The van der Waals surface area contributed by atoms with E-state index < -0.39 is 22.0 Å². The molecule has 1 heterocycles. The largest absolute Gasteiger partial charge is 0.368 e. The Kier molecular flexibility index (Phi) is 5.45. The van der Waals surface area contributed by atoms with E-state index in [1.807, 2.05) is 18.5 Å². The molecule has 0 bridgehead atoms. The first-order valence-corrected chi connectivity index (χ1v) is 10.6. The highest BCUT2D eigenvalue weighted by Crippen LogP contribution is 2.35. The molecule has 0 aliphatic rings. The van der Waals surface area contributed by atoms with Crippen molar-refractivity contribution in [1.82, 2.24) is 5.48 Å². The Hall–Kier alpha value is -2.82. The zero-order valence-corrected chi connectivity index (χ0v) is 16.5. The molecule has 0 saturated carbocycles. The summed E-state index contributed by atoms with van der Waals surface area (Å²) in [6, 6.07) is 11.8. The third-order valence-electron chi connectivity index (χ3n) is 3.70. The first-order valence-electron chi connectivity index (χ1n) is 7.96. The second-order valence-corrected chi connectivity index (χ2v) is 8.66. The van der Waals surface area contributed by atoms with Crippen LogP contribution in [0.4, 0.5) is 4.39 Å². The maximum atomic E-state index is 14.3. The van der Waals surface area contributed by atoms with Gasteiger partial charge in [-0.3, -0.25) is 4.79 Å². The summed E-state index contributed by atoms with van der Waals surface area (Å²) in [5.74, 6) is -1.54. The Morgan fingerprint density at radius 3 is 2.68 bits per heavy atom. The summed E-state index contributed by atoms with van der Waals surface area (Å²) < 4.78 is 41.2. The van der Waals surface area contributed by atoms with Crippen LogP contribution in [0.2, 0.25) is 0 Å². The number of fused-ring (bicyclic) bond motifs is 1. The summed E-state index contributed by atoms with van der Waals surface area (Å²) in [5, 5.41) is 0.703. The predicted octanol–water partition coefficient (Wildman–Crippen LogP) is 2.95. The van der Waals surface area contributed by atoms with E-state index in [0.717, 1.165) is 16.5 Å². The molecule has 0 atom stereocenters. The molecular formula is C18H16FN3O4S2. The second-order valence-electron chi connectivity index (χ2n) is 6.00. The zero-order valence-electron chi connectivity index (χ0n) is 14.9. The lowest BCUT2D eigenvalue weighted by atomic mass is 9.99. The van der Waals surface area contributed by atoms with Gasteiger partial charge >= 0.3 is 0 Å². The molecule has 3 N–H and O–H groups in total. The van der Waals surface area contributed by atoms with Crippen molar-refractivity contribution in [2.75, 3.05) is 6.26 Å². The minimum absolute atomic E-state index is 0.264. The topological polar surface area (TPSA) is 111 Å². The summed E-state index contributed by atoms with van der Waals surface area (Å²) in [4.78, 5) is 16.2. The second kappa shape index (κ2) is 7.66. The lowest BCUT2D eigenvalue weighted by Gasteiger charge is -2.06. The Balaban J connectivity index is 1.97. The van der Waals surface area contributed by atoms with E-state index >= 15 is 0 Å². The predicted molar refractivity (Wildman–Crippen MR) is 107 cm³/mol. The minimum atomic E-state index is -3.80. The number of hydrogen-bond acceptors (Lipinski definition) is 5. The van der Waals surface area contributed by atoms with Crippen molar-refractivity contribution in [3.05, 3.63) is 58.7 Å². The number of thiophene rings is 1. The Morgan fingerprint density at radius 2 is 1.96 bits per heavy atom. The fraction of sp³-hybridized carbons (Fsp3) is 0.111. The number of halogens is 1. The summed E-state index contributed by atoms with van der Waals surface area (Å²) in [6.45, 7) is 1.87. The van der Waals surface area contributed by atoms with Crippen LogP contribution in [0, 0.1) is 12.7 Å². The molecular weight excluding hydrogens is 405 g/mol. The van der Waals surface area contributed by atoms with Crippen molar-refractivity contribution in [2.45, 2.75) is 6.92 Å². The number of nitrogens with one attached hydrogen (secondary N) is 1. The molecule has 3 aromatic rings. The fourth-order valence-electron chi connectivity index (χ4n) is 2.55. The van der Waals surface area contributed by atoms with E-state index in [9.17, 15) is 17.6 Å². The molecule has 0 saturated heterocycles. The van der Waals surface area contributed by atoms with Gasteiger partial charge in [0.15, 0.2) is 0 Å². The van der Waals surface area contributed by atoms with E-state index in [1.54, 1.807) is 30.3 Å². The highest BCUT2D eigenvalue weighted by Gasteiger charge is 2.15. The number of rotatable bonds is 4. The summed E-state index contributed by atoms with van der Waals surface area (Å²) >= 11 is 1.17. The van der Waals surface area contributed by atoms with Crippen molar-refractivity contribution in [3.8, 4) is 11.1 Å². The molecule has 3 rings (SSSR count). The van der Waals surface area contributed by atoms with Gasteiger partial charge < -0.3 is 5.73 Å². The number of hydrogen-bond donors (Lipinski definition) is 2. The van der Waals surface area contributed by atoms with E-state index in [2.05, 4.69) is 9.28 Å². The number of amides is 1. The molecule has 7 nitrogen and oxygen atoms in total. The van der Waals surface area contributed by atoms with Gasteiger partial charge in [0.05, 0.1) is 11.1 Å². The number of carbonyl (C=O) groups is 1. The highest BCUT2D eigenvalue weighted by molar-refractivity contribution is 7.85. The molecule has 0 fully saturated rings. The third-order valence-corrected chi connectivity index (χ3v) is 5.18. The number of aryl methyl sites for hydroxylation is 1. The maximum Gasteiger partial charge on any atom is 0.290 e. The van der Waals surface area contributed by atoms with E-state index in [1.165, 1.54) is 17.4 Å². The fourth-order valence-corrected chi connectivity index (χ4v) is 3.76. The van der Waals surface area contributed by atoms with Gasteiger partial charge in [-0.05, 0) is 36.8 Å². The average Bonchev–Trinajstić information content (AvgIpc) is 3.06. The normalized spacial score (nSPS) is 12.3. The number of nitrogens with zero attached hydrogens (tertiary/aromatic N) is 1. The highest BCUT2D eigenvalue weighted by atomic mass is 32.2. The summed E-state index contributed by atoms with van der Waals surface area (Å²) in [7, 11) is -3.80. The Morgan fingerprint density at radius 1 is 1.21 bits per heavy atom. The van der Waals surface area contributed by atoms with E-state index in [0.29, 0.717) is 16.5 Å². The molecule has 1 amide bonds. The summed E-state index contributed by atoms with van der Waals surface area (Å²) in [5.41, 5.74) is 9.34. The van der Waals surface area contributed by atoms with Gasteiger partial charge in [0.2, 0.25) is 5.96 Å². The van der Waals surface area contributed by atoms with Crippen LogP contribution in [-0.2, 0) is 14.4 Å². The van der Waals surface area contributed by atoms with Crippen LogP contribution in [0.15, 0.2) is 47.5 Å². The van der Waals surface area contributed by atoms with Gasteiger partial charge in [0.1, 0.15) is 5.82 Å². The molecule has 0 aliphatic carbocycles. The number of hydroxylamine groups is 1. The smallest absolute Gasteiger partial charge is 0.290 e. The quantitative estimate of drug-likeness (QED) is 0.381. The number of nitrogens with two attached hydrogens (primary N) is 1. The standard InChI is InChI=1S/C18H16FN3O4S2/c1-10-6-7-14(19)12(8-10)11-4-3-5-15-13(11)9-16(27-15)17(23)21-18(20)22-26-28(2,24)25/h3-9H,1-2H3,(H3,20,21,22,23). The molecule has 2 aromatic carbocycles. The van der Waals surface area contributed by atoms with Crippen LogP contribution in [0.1, 0.15) is 15.2 Å². The average molecular weight is 421 g/mol. The lowest BCUT2D eigenvalue weighted by Crippen LogP contribution is -2.34. The van der Waals surface area contributed by atoms with Gasteiger partial charge in [-0.15, -0.1) is 15.6 Å². The van der Waals surface area contributed by atoms with Crippen molar-refractivity contribution in [2.24, 2.45) is 10.7 Å². The van der Waals surface area contributed by atoms with Crippen LogP contribution in [0.25, 0.3) is 21.2 Å². The zero-order chi connectivity index (χ0) is 20.5. The van der Waals surface area contributed by atoms with Crippen LogP contribution in [0.3, 0.4) is 0 Å². The number of guanidine groups is 1. The summed E-state index contributed by atoms with van der Waals surface area (Å²) in [6.07, 6.45) is 0.813. The molecule has 0 aliphatic heterocycles. The molecule has 0 unspecified atom stereocenters. The molecule has 146 valence electrons. The number of aliphatic imine (C=N–C) groups is 1. The van der Waals surface area contributed by atoms with Crippen molar-refractivity contribution >= 4 is 43.4 Å². The molecule has 1 aromatic heterocycles. The van der Waals surface area contributed by atoms with Crippen LogP contribution < -0.4 is 11.2 Å². The van der Waals surface area contributed by atoms with Gasteiger partial charge in [0.25, 0.3) is 16.0 Å². The van der Waals surface area contributed by atoms with Gasteiger partial charge in [-0.25, -0.2) is 9.87 Å². The monoisotopic (exact) mass is 421 g/mol. The van der Waals surface area contributed by atoms with Crippen molar-refractivity contribution in [3.63, 3.8) is 0 Å². The SMILES string of the molecule is Cc1ccc(F)c(-c2cccc3sc(C(=O)N=C(N)NOS(C)(=O)=O)cc23)c1. The number of carbonyl (C=O) groups excluding carboxylic acids is 1. The first-order chi connectivity index (χ1) is 13.1. The molecule has 28 heavy (non-hydrogen) atoms. The third kappa shape index (κ3) is 4.53. The Labute approximate surface area is 164 Å². The molecule has 0 spiro atoms. The maximum absolute atomic E-state index is 14.3. The lowest BCUT2D eigenvalue weighted by molar-refractivity contribution is 0.100. The first kappa shape index (κ1) is 19.9. The molecule has 0 radical (unpaired) electrons. The minimum Gasteiger partial charge on any atom is -0.368 e. The van der Waals surface area contributed by atoms with Gasteiger partial charge in [-0.2, -0.15) is 13.4 Å². The van der Waals surface area contributed by atoms with Gasteiger partial charge in [0, 0.05) is 15.6 Å². The van der Waals surface area contributed by atoms with Crippen molar-refractivity contribution < 1.29 is 21.9 Å².